The minimum atomic E-state index is -1.46. The molecule has 0 heterocycles. The average molecular weight is 224 g/mol. The third-order valence-electron chi connectivity index (χ3n) is 1.38. The molecule has 0 radical (unpaired) electrons. The van der Waals surface area contributed by atoms with Crippen LogP contribution in [0, 0.1) is 10.1 Å². The first-order valence-electron chi connectivity index (χ1n) is 3.17. The van der Waals surface area contributed by atoms with Gasteiger partial charge in [-0.15, -0.1) is 0 Å². The third-order valence-corrected chi connectivity index (χ3v) is 1.70. The quantitative estimate of drug-likeness (QED) is 0.318. The van der Waals surface area contributed by atoms with E-state index in [4.69, 9.17) is 11.6 Å². The van der Waals surface area contributed by atoms with Gasteiger partial charge in [-0.1, -0.05) is 11.6 Å². The first kappa shape index (κ1) is 13.4. The standard InChI is InChI=1S/C7H4ClNO4.Na/c8-6-3-4(9(12)13)1-2-5(6)7(10)11;/h1-3H,(H,10,11);/q;+1/p-1. The number of carboxylic acids is 1. The molecule has 7 heteroatoms. The predicted octanol–water partition coefficient (Wildman–Crippen LogP) is -2.38. The number of hydrogen-bond donors (Lipinski definition) is 0. The van der Waals surface area contributed by atoms with Gasteiger partial charge in [0, 0.05) is 17.7 Å². The van der Waals surface area contributed by atoms with Crippen LogP contribution in [0.2, 0.25) is 5.02 Å². The van der Waals surface area contributed by atoms with E-state index in [-0.39, 0.29) is 45.8 Å². The maximum absolute atomic E-state index is 10.3. The van der Waals surface area contributed by atoms with Crippen LogP contribution in [0.1, 0.15) is 10.4 Å². The van der Waals surface area contributed by atoms with E-state index < -0.39 is 10.9 Å². The molecule has 0 spiro atoms. The Morgan fingerprint density at radius 1 is 1.43 bits per heavy atom. The molecule has 0 fully saturated rings. The number of aromatic carboxylic acids is 1. The van der Waals surface area contributed by atoms with Gasteiger partial charge in [0.1, 0.15) is 0 Å². The molecule has 68 valence electrons. The van der Waals surface area contributed by atoms with Crippen LogP contribution in [0.15, 0.2) is 18.2 Å². The van der Waals surface area contributed by atoms with Gasteiger partial charge in [0.2, 0.25) is 0 Å². The summed E-state index contributed by atoms with van der Waals surface area (Å²) in [6, 6.07) is 3.06. The van der Waals surface area contributed by atoms with Crippen LogP contribution < -0.4 is 34.7 Å². The Balaban J connectivity index is 0.00000169. The summed E-state index contributed by atoms with van der Waals surface area (Å²) in [6.07, 6.45) is 0. The van der Waals surface area contributed by atoms with Crippen molar-refractivity contribution >= 4 is 23.3 Å². The SMILES string of the molecule is O=C([O-])c1ccc([N+](=O)[O-])cc1Cl.[Na+]. The van der Waals surface area contributed by atoms with Crippen LogP contribution in [-0.4, -0.2) is 10.9 Å². The van der Waals surface area contributed by atoms with Crippen LogP contribution in [-0.2, 0) is 0 Å². The summed E-state index contributed by atoms with van der Waals surface area (Å²) in [5.74, 6) is -1.46. The number of nitrogens with zero attached hydrogens (tertiary/aromatic N) is 1. The van der Waals surface area contributed by atoms with Gasteiger partial charge in [-0.25, -0.2) is 0 Å². The monoisotopic (exact) mass is 223 g/mol. The molecule has 0 atom stereocenters. The van der Waals surface area contributed by atoms with Crippen molar-refractivity contribution in [3.8, 4) is 0 Å². The van der Waals surface area contributed by atoms with E-state index in [0.29, 0.717) is 0 Å². The van der Waals surface area contributed by atoms with Crippen molar-refractivity contribution in [1.29, 1.82) is 0 Å². The molecular formula is C7H3ClNNaO4. The Morgan fingerprint density at radius 3 is 2.36 bits per heavy atom. The second-order valence-electron chi connectivity index (χ2n) is 2.21. The summed E-state index contributed by atoms with van der Waals surface area (Å²) >= 11 is 5.44. The zero-order valence-electron chi connectivity index (χ0n) is 7.19. The first-order chi connectivity index (χ1) is 6.02. The number of nitro benzene ring substituents is 1. The molecule has 0 aliphatic carbocycles. The summed E-state index contributed by atoms with van der Waals surface area (Å²) in [4.78, 5) is 19.9. The summed E-state index contributed by atoms with van der Waals surface area (Å²) < 4.78 is 0. The Bertz CT molecular complexity index is 382. The molecule has 1 aromatic rings. The maximum Gasteiger partial charge on any atom is 1.00 e. The molecule has 0 saturated heterocycles. The van der Waals surface area contributed by atoms with Crippen LogP contribution in [0.4, 0.5) is 5.69 Å². The van der Waals surface area contributed by atoms with Crippen molar-refractivity contribution < 1.29 is 44.4 Å². The molecule has 0 aromatic heterocycles. The second-order valence-corrected chi connectivity index (χ2v) is 2.62. The fourth-order valence-electron chi connectivity index (χ4n) is 0.783. The van der Waals surface area contributed by atoms with Gasteiger partial charge in [0.05, 0.1) is 15.9 Å². The topological polar surface area (TPSA) is 83.3 Å². The van der Waals surface area contributed by atoms with Gasteiger partial charge in [0.25, 0.3) is 5.69 Å². The molecule has 1 rings (SSSR count). The van der Waals surface area contributed by atoms with E-state index in [0.717, 1.165) is 18.2 Å². The number of hydrogen-bond acceptors (Lipinski definition) is 4. The smallest absolute Gasteiger partial charge is 0.545 e. The van der Waals surface area contributed by atoms with Gasteiger partial charge >= 0.3 is 29.6 Å². The summed E-state index contributed by atoms with van der Waals surface area (Å²) in [5, 5.41) is 20.4. The molecule has 0 aliphatic heterocycles. The summed E-state index contributed by atoms with van der Waals surface area (Å²) in [5.41, 5.74) is -0.512. The van der Waals surface area contributed by atoms with Crippen molar-refractivity contribution in [2.75, 3.05) is 0 Å². The number of benzene rings is 1. The minimum Gasteiger partial charge on any atom is -0.545 e. The minimum absolute atomic E-state index is 0. The van der Waals surface area contributed by atoms with Gasteiger partial charge in [-0.2, -0.15) is 0 Å². The Morgan fingerprint density at radius 2 is 2.00 bits per heavy atom. The maximum atomic E-state index is 10.3. The number of carboxylic acid groups (broad SMARTS) is 1. The fourth-order valence-corrected chi connectivity index (χ4v) is 1.04. The molecular weight excluding hydrogens is 221 g/mol. The zero-order chi connectivity index (χ0) is 10.0. The van der Waals surface area contributed by atoms with E-state index in [1.807, 2.05) is 0 Å². The van der Waals surface area contributed by atoms with Crippen LogP contribution in [0.3, 0.4) is 0 Å². The Hall–Kier alpha value is -0.620. The van der Waals surface area contributed by atoms with E-state index in [2.05, 4.69) is 0 Å². The summed E-state index contributed by atoms with van der Waals surface area (Å²) in [6.45, 7) is 0. The molecule has 0 unspecified atom stereocenters. The van der Waals surface area contributed by atoms with Crippen molar-refractivity contribution in [1.82, 2.24) is 0 Å². The molecule has 14 heavy (non-hydrogen) atoms. The Kier molecular flexibility index (Phi) is 5.07. The number of carbonyl (C=O) groups excluding carboxylic acids is 1. The molecule has 0 saturated carbocycles. The molecule has 0 bridgehead atoms. The normalized spacial score (nSPS) is 8.93. The van der Waals surface area contributed by atoms with Gasteiger partial charge in [-0.3, -0.25) is 10.1 Å². The van der Waals surface area contributed by atoms with Gasteiger partial charge in [-0.05, 0) is 6.07 Å². The number of carbonyl (C=O) groups is 1. The van der Waals surface area contributed by atoms with Crippen molar-refractivity contribution in [2.24, 2.45) is 0 Å². The first-order valence-corrected chi connectivity index (χ1v) is 3.55. The molecule has 0 aliphatic rings. The third kappa shape index (κ3) is 2.95. The van der Waals surface area contributed by atoms with E-state index in [1.54, 1.807) is 0 Å². The molecule has 5 nitrogen and oxygen atoms in total. The predicted molar refractivity (Wildman–Crippen MR) is 42.4 cm³/mol. The summed E-state index contributed by atoms with van der Waals surface area (Å²) in [7, 11) is 0. The second kappa shape index (κ2) is 5.31. The van der Waals surface area contributed by atoms with Crippen molar-refractivity contribution in [3.63, 3.8) is 0 Å². The fraction of sp³-hybridized carbons (Fsp3) is 0. The van der Waals surface area contributed by atoms with E-state index in [9.17, 15) is 20.0 Å². The molecule has 1 aromatic carbocycles. The number of non-ortho nitro benzene ring substituents is 1. The van der Waals surface area contributed by atoms with Crippen LogP contribution in [0.5, 0.6) is 0 Å². The zero-order valence-corrected chi connectivity index (χ0v) is 9.95. The van der Waals surface area contributed by atoms with Crippen molar-refractivity contribution in [3.05, 3.63) is 38.9 Å². The van der Waals surface area contributed by atoms with Crippen LogP contribution in [0.25, 0.3) is 0 Å². The average Bonchev–Trinajstić information content (AvgIpc) is 2.03. The van der Waals surface area contributed by atoms with E-state index in [1.165, 1.54) is 0 Å². The molecule has 0 N–H and O–H groups in total. The Labute approximate surface area is 106 Å². The number of nitro groups is 1. The van der Waals surface area contributed by atoms with Crippen molar-refractivity contribution in [2.45, 2.75) is 0 Å². The van der Waals surface area contributed by atoms with E-state index >= 15 is 0 Å². The number of halogens is 1. The van der Waals surface area contributed by atoms with Crippen LogP contribution >= 0.6 is 11.6 Å². The number of rotatable bonds is 2. The van der Waals surface area contributed by atoms with Gasteiger partial charge < -0.3 is 9.90 Å². The van der Waals surface area contributed by atoms with Gasteiger partial charge in [0.15, 0.2) is 0 Å². The largest absolute Gasteiger partial charge is 1.00 e. The molecule has 0 amide bonds.